The van der Waals surface area contributed by atoms with Crippen LogP contribution in [0, 0.1) is 0 Å². The molecule has 1 aliphatic carbocycles. The topological polar surface area (TPSA) is 92.2 Å². The predicted molar refractivity (Wildman–Crippen MR) is 191 cm³/mol. The predicted octanol–water partition coefficient (Wildman–Crippen LogP) is 7.67. The highest BCUT2D eigenvalue weighted by Gasteiger charge is 2.45. The van der Waals surface area contributed by atoms with Crippen LogP contribution >= 0.6 is 11.6 Å². The number of hydrogen-bond donors (Lipinski definition) is 1. The summed E-state index contributed by atoms with van der Waals surface area (Å²) in [5, 5.41) is 11.6. The van der Waals surface area contributed by atoms with Crippen LogP contribution in [0.15, 0.2) is 59.0 Å². The summed E-state index contributed by atoms with van der Waals surface area (Å²) in [6.45, 7) is 3.12. The fraction of sp³-hybridized carbons (Fsp3) is 0.462. The van der Waals surface area contributed by atoms with Gasteiger partial charge in [-0.25, -0.2) is 22.5 Å². The number of carboxylic acids is 1. The van der Waals surface area contributed by atoms with Crippen LogP contribution in [0.3, 0.4) is 0 Å². The summed E-state index contributed by atoms with van der Waals surface area (Å²) in [5.74, 6) is -3.01. The van der Waals surface area contributed by atoms with E-state index in [9.17, 15) is 27.9 Å². The fourth-order valence-corrected chi connectivity index (χ4v) is 6.93. The second kappa shape index (κ2) is 15.8. The second-order valence-corrected chi connectivity index (χ2v) is 14.1. The van der Waals surface area contributed by atoms with Gasteiger partial charge in [0, 0.05) is 65.4 Å². The summed E-state index contributed by atoms with van der Waals surface area (Å²) in [7, 11) is 0. The van der Waals surface area contributed by atoms with Gasteiger partial charge in [-0.1, -0.05) is 18.9 Å². The minimum atomic E-state index is -2.77. The van der Waals surface area contributed by atoms with Gasteiger partial charge >= 0.3 is 5.97 Å². The molecule has 0 radical (unpaired) electrons. The number of carbonyl (C=O) groups excluding carboxylic acids is 1. The maximum absolute atomic E-state index is 14.4. The van der Waals surface area contributed by atoms with Gasteiger partial charge in [-0.3, -0.25) is 4.79 Å². The first-order valence-corrected chi connectivity index (χ1v) is 18.0. The van der Waals surface area contributed by atoms with E-state index in [1.54, 1.807) is 42.2 Å². The van der Waals surface area contributed by atoms with Crippen LogP contribution in [0.1, 0.15) is 66.2 Å². The number of benzene rings is 3. The van der Waals surface area contributed by atoms with Crippen LogP contribution in [-0.2, 0) is 9.47 Å². The molecule has 0 atom stereocenters. The molecule has 0 spiro atoms. The van der Waals surface area contributed by atoms with Crippen molar-refractivity contribution in [3.05, 3.63) is 71.1 Å². The summed E-state index contributed by atoms with van der Waals surface area (Å²) in [5.41, 5.74) is 1.41. The highest BCUT2D eigenvalue weighted by Crippen LogP contribution is 2.43. The Balaban J connectivity index is 1.25. The first-order chi connectivity index (χ1) is 24.4. The summed E-state index contributed by atoms with van der Waals surface area (Å²) < 4.78 is 61.3. The Hall–Kier alpha value is -3.93. The number of hydrogen-bond acceptors (Lipinski definition) is 6. The molecule has 51 heavy (non-hydrogen) atoms. The molecule has 0 unspecified atom stereocenters. The normalized spacial score (nSPS) is 18.2. The lowest BCUT2D eigenvalue weighted by Crippen LogP contribution is -2.58. The first-order valence-electron chi connectivity index (χ1n) is 17.5. The van der Waals surface area contributed by atoms with Gasteiger partial charge in [0.15, 0.2) is 18.9 Å². The van der Waals surface area contributed by atoms with Crippen molar-refractivity contribution in [2.75, 3.05) is 63.4 Å². The molecule has 2 aromatic rings. The third-order valence-electron chi connectivity index (χ3n) is 9.38. The summed E-state index contributed by atoms with van der Waals surface area (Å²) in [4.78, 5) is 27.5. The minimum Gasteiger partial charge on any atom is -0.478 e. The molecule has 4 aliphatic rings. The number of carboxylic acid groups (broad SMARTS) is 1. The molecule has 3 heterocycles. The molecule has 2 fully saturated rings. The van der Waals surface area contributed by atoms with Crippen molar-refractivity contribution >= 4 is 40.0 Å². The van der Waals surface area contributed by atoms with Gasteiger partial charge in [-0.05, 0) is 62.1 Å². The van der Waals surface area contributed by atoms with Crippen molar-refractivity contribution in [2.45, 2.75) is 57.0 Å². The van der Waals surface area contributed by atoms with Crippen LogP contribution in [0.5, 0.6) is 0 Å². The van der Waals surface area contributed by atoms with E-state index in [0.29, 0.717) is 83.4 Å². The third-order valence-corrected chi connectivity index (χ3v) is 9.65. The molecule has 3 aliphatic heterocycles. The fourth-order valence-electron chi connectivity index (χ4n) is 6.74. The van der Waals surface area contributed by atoms with Gasteiger partial charge in [-0.15, -0.1) is 11.6 Å². The van der Waals surface area contributed by atoms with Crippen LogP contribution < -0.4 is 14.8 Å². The molecule has 0 amide bonds. The van der Waals surface area contributed by atoms with Crippen LogP contribution in [0.25, 0.3) is 33.4 Å². The zero-order valence-corrected chi connectivity index (χ0v) is 29.5. The van der Waals surface area contributed by atoms with Crippen molar-refractivity contribution in [2.24, 2.45) is 0 Å². The second-order valence-electron chi connectivity index (χ2n) is 13.7. The number of halogens is 4. The number of ether oxygens (including phenoxy) is 2. The Labute approximate surface area is 299 Å². The standard InChI is InChI=1S/C39H42ClF3N2O6/c1-38(41)22-44(23-38)27-9-12-30-34(20-27)51-35-21-28(45-24-39(42,43)25-45)10-13-31(35)36(30)32-19-26(8-11-29(32)37(47)48)33(46)7-6-16-50-18-17-49-15-5-3-2-4-14-40/h8-13,19-21H,2-7,14-18,22-25H2,1H3/p+1. The Morgan fingerprint density at radius 3 is 2.29 bits per heavy atom. The number of fused-ring (bicyclic) bond motifs is 2. The van der Waals surface area contributed by atoms with Gasteiger partial charge in [0.05, 0.1) is 37.9 Å². The van der Waals surface area contributed by atoms with Crippen molar-refractivity contribution in [1.29, 1.82) is 0 Å². The monoisotopic (exact) mass is 727 g/mol. The van der Waals surface area contributed by atoms with Crippen molar-refractivity contribution in [1.82, 2.24) is 4.58 Å². The Morgan fingerprint density at radius 1 is 0.882 bits per heavy atom. The van der Waals surface area contributed by atoms with E-state index in [2.05, 4.69) is 0 Å². The van der Waals surface area contributed by atoms with Gasteiger partial charge in [-0.2, -0.15) is 0 Å². The van der Waals surface area contributed by atoms with Crippen molar-refractivity contribution in [3.63, 3.8) is 0 Å². The molecule has 0 bridgehead atoms. The lowest BCUT2D eigenvalue weighted by atomic mass is 9.88. The number of aromatic carboxylic acids is 1. The maximum Gasteiger partial charge on any atom is 0.336 e. The average Bonchev–Trinajstić information content (AvgIpc) is 3.08. The number of carbonyl (C=O) groups is 2. The molecule has 12 heteroatoms. The molecular formula is C39H43ClF3N2O6+. The number of unbranched alkanes of at least 4 members (excludes halogenated alkanes) is 3. The largest absolute Gasteiger partial charge is 0.478 e. The van der Waals surface area contributed by atoms with Gasteiger partial charge in [0.2, 0.25) is 11.0 Å². The molecule has 0 aromatic heterocycles. The molecule has 2 saturated heterocycles. The molecular weight excluding hydrogens is 685 g/mol. The van der Waals surface area contributed by atoms with Gasteiger partial charge in [0.25, 0.3) is 5.92 Å². The highest BCUT2D eigenvalue weighted by molar-refractivity contribution is 6.17. The number of ketones is 1. The van der Waals surface area contributed by atoms with E-state index in [-0.39, 0.29) is 30.9 Å². The molecule has 2 aromatic carbocycles. The highest BCUT2D eigenvalue weighted by atomic mass is 35.5. The van der Waals surface area contributed by atoms with Crippen molar-refractivity contribution < 1.29 is 41.8 Å². The lowest BCUT2D eigenvalue weighted by molar-refractivity contribution is -0.0262. The van der Waals surface area contributed by atoms with E-state index < -0.39 is 30.7 Å². The van der Waals surface area contributed by atoms with Gasteiger partial charge in [0.1, 0.15) is 11.3 Å². The molecule has 0 saturated carbocycles. The smallest absolute Gasteiger partial charge is 0.336 e. The minimum absolute atomic E-state index is 0.00536. The molecule has 8 nitrogen and oxygen atoms in total. The molecule has 1 N–H and O–H groups in total. The number of rotatable bonds is 17. The van der Waals surface area contributed by atoms with E-state index in [1.807, 2.05) is 16.7 Å². The van der Waals surface area contributed by atoms with Crippen LogP contribution in [0.4, 0.5) is 18.9 Å². The number of anilines is 1. The summed E-state index contributed by atoms with van der Waals surface area (Å²) in [6, 6.07) is 15.1. The SMILES string of the molecule is CC1(F)C[N+](=c2ccc3c(-c4cc(C(=O)CCCOCCOCCCCCCCl)ccc4C(=O)O)c4ccc(N5CC(F)(F)C5)cc4oc-3c2)C1. The third kappa shape index (κ3) is 8.76. The maximum atomic E-state index is 14.4. The van der Waals surface area contributed by atoms with E-state index >= 15 is 0 Å². The van der Waals surface area contributed by atoms with Crippen LogP contribution in [-0.4, -0.2) is 86.9 Å². The summed E-state index contributed by atoms with van der Waals surface area (Å²) >= 11 is 5.69. The lowest BCUT2D eigenvalue weighted by Gasteiger charge is -2.40. The van der Waals surface area contributed by atoms with E-state index in [0.717, 1.165) is 31.0 Å². The Morgan fingerprint density at radius 2 is 1.61 bits per heavy atom. The first kappa shape index (κ1) is 36.8. The Bertz CT molecular complexity index is 1930. The average molecular weight is 728 g/mol. The zero-order chi connectivity index (χ0) is 36.2. The Kier molecular flexibility index (Phi) is 11.4. The number of Topliss-reactive ketones (excluding diaryl/α,β-unsaturated/α-hetero) is 1. The zero-order valence-electron chi connectivity index (χ0n) is 28.7. The van der Waals surface area contributed by atoms with Crippen molar-refractivity contribution in [3.8, 4) is 22.5 Å². The summed E-state index contributed by atoms with van der Waals surface area (Å²) in [6.07, 6.45) is 4.87. The van der Waals surface area contributed by atoms with Gasteiger partial charge < -0.3 is 23.9 Å². The molecule has 6 rings (SSSR count). The van der Waals surface area contributed by atoms with Crippen LogP contribution in [0.2, 0.25) is 0 Å². The number of nitrogens with zero attached hydrogens (tertiary/aromatic N) is 2. The quantitative estimate of drug-likeness (QED) is 0.0393. The molecule has 272 valence electrons. The van der Waals surface area contributed by atoms with E-state index in [4.69, 9.17) is 25.5 Å². The van der Waals surface area contributed by atoms with E-state index in [1.165, 1.54) is 12.1 Å². The number of alkyl halides is 4.